The van der Waals surface area contributed by atoms with E-state index in [4.69, 9.17) is 9.47 Å². The third-order valence-electron chi connectivity index (χ3n) is 6.19. The molecule has 0 saturated carbocycles. The Hall–Kier alpha value is -1.59. The minimum Gasteiger partial charge on any atom is -0.492 e. The summed E-state index contributed by atoms with van der Waals surface area (Å²) >= 11 is 0. The molecule has 26 heavy (non-hydrogen) atoms. The van der Waals surface area contributed by atoms with Crippen molar-refractivity contribution in [1.29, 1.82) is 0 Å². The standard InChI is InChI=1S/C21H30N2O3/c24-20(18-7-13-25-15-18)23-11-9-21(17-23)8-4-10-22(16-21)12-14-26-19-5-2-1-3-6-19/h1-3,5-6,18H,4,7-17H2. The van der Waals surface area contributed by atoms with Crippen molar-refractivity contribution in [2.24, 2.45) is 11.3 Å². The first-order valence-electron chi connectivity index (χ1n) is 10.0. The molecule has 1 aromatic rings. The number of hydrogen-bond acceptors (Lipinski definition) is 4. The second kappa shape index (κ2) is 7.97. The van der Waals surface area contributed by atoms with Crippen LogP contribution >= 0.6 is 0 Å². The largest absolute Gasteiger partial charge is 0.492 e. The van der Waals surface area contributed by atoms with Crippen molar-refractivity contribution in [2.45, 2.75) is 25.7 Å². The number of piperidine rings is 1. The molecular formula is C21H30N2O3. The molecule has 142 valence electrons. The molecule has 2 unspecified atom stereocenters. The van der Waals surface area contributed by atoms with Gasteiger partial charge in [-0.15, -0.1) is 0 Å². The first-order chi connectivity index (χ1) is 12.7. The molecule has 0 aromatic heterocycles. The lowest BCUT2D eigenvalue weighted by Crippen LogP contribution is -2.47. The van der Waals surface area contributed by atoms with Crippen LogP contribution in [0.2, 0.25) is 0 Å². The average Bonchev–Trinajstić information content (AvgIpc) is 3.33. The number of para-hydroxylation sites is 1. The first kappa shape index (κ1) is 17.8. The number of amides is 1. The number of nitrogens with zero attached hydrogens (tertiary/aromatic N) is 2. The van der Waals surface area contributed by atoms with E-state index in [-0.39, 0.29) is 5.92 Å². The Balaban J connectivity index is 1.27. The lowest BCUT2D eigenvalue weighted by Gasteiger charge is -2.40. The Morgan fingerprint density at radius 1 is 1.19 bits per heavy atom. The zero-order chi connectivity index (χ0) is 17.8. The third kappa shape index (κ3) is 4.04. The van der Waals surface area contributed by atoms with Crippen LogP contribution < -0.4 is 4.74 Å². The highest BCUT2D eigenvalue weighted by Crippen LogP contribution is 2.39. The summed E-state index contributed by atoms with van der Waals surface area (Å²) in [7, 11) is 0. The van der Waals surface area contributed by atoms with Crippen LogP contribution in [-0.2, 0) is 9.53 Å². The van der Waals surface area contributed by atoms with Gasteiger partial charge < -0.3 is 14.4 Å². The second-order valence-corrected chi connectivity index (χ2v) is 8.11. The molecule has 5 heteroatoms. The lowest BCUT2D eigenvalue weighted by molar-refractivity contribution is -0.135. The van der Waals surface area contributed by atoms with Crippen LogP contribution in [0.4, 0.5) is 0 Å². The van der Waals surface area contributed by atoms with Gasteiger partial charge in [-0.25, -0.2) is 0 Å². The van der Waals surface area contributed by atoms with E-state index in [9.17, 15) is 4.79 Å². The average molecular weight is 358 g/mol. The van der Waals surface area contributed by atoms with E-state index in [1.165, 1.54) is 12.8 Å². The van der Waals surface area contributed by atoms with E-state index in [0.29, 0.717) is 17.9 Å². The number of carbonyl (C=O) groups excluding carboxylic acids is 1. The fraction of sp³-hybridized carbons (Fsp3) is 0.667. The topological polar surface area (TPSA) is 42.0 Å². The Morgan fingerprint density at radius 3 is 2.88 bits per heavy atom. The van der Waals surface area contributed by atoms with Crippen molar-refractivity contribution < 1.29 is 14.3 Å². The molecular weight excluding hydrogens is 328 g/mol. The van der Waals surface area contributed by atoms with Gasteiger partial charge in [0.2, 0.25) is 5.91 Å². The normalized spacial score (nSPS) is 29.4. The van der Waals surface area contributed by atoms with Crippen LogP contribution in [0, 0.1) is 11.3 Å². The number of carbonyl (C=O) groups is 1. The summed E-state index contributed by atoms with van der Waals surface area (Å²) in [4.78, 5) is 17.3. The van der Waals surface area contributed by atoms with Crippen LogP contribution in [0.5, 0.6) is 5.75 Å². The molecule has 3 saturated heterocycles. The number of hydrogen-bond donors (Lipinski definition) is 0. The van der Waals surface area contributed by atoms with Crippen molar-refractivity contribution in [2.75, 3.05) is 52.5 Å². The highest BCUT2D eigenvalue weighted by Gasteiger charge is 2.44. The molecule has 3 aliphatic rings. The molecule has 0 bridgehead atoms. The van der Waals surface area contributed by atoms with Gasteiger partial charge in [-0.2, -0.15) is 0 Å². The molecule has 0 N–H and O–H groups in total. The predicted octanol–water partition coefficient (Wildman–Crippen LogP) is 2.42. The first-order valence-corrected chi connectivity index (χ1v) is 10.0. The molecule has 0 radical (unpaired) electrons. The fourth-order valence-corrected chi connectivity index (χ4v) is 4.75. The molecule has 1 spiro atoms. The molecule has 2 atom stereocenters. The van der Waals surface area contributed by atoms with Gasteiger partial charge in [-0.05, 0) is 44.4 Å². The van der Waals surface area contributed by atoms with Crippen molar-refractivity contribution in [3.8, 4) is 5.75 Å². The second-order valence-electron chi connectivity index (χ2n) is 8.11. The quantitative estimate of drug-likeness (QED) is 0.811. The summed E-state index contributed by atoms with van der Waals surface area (Å²) in [6, 6.07) is 10.0. The number of benzene rings is 1. The lowest BCUT2D eigenvalue weighted by atomic mass is 9.79. The summed E-state index contributed by atoms with van der Waals surface area (Å²) in [6.07, 6.45) is 4.50. The van der Waals surface area contributed by atoms with E-state index >= 15 is 0 Å². The van der Waals surface area contributed by atoms with Crippen molar-refractivity contribution >= 4 is 5.91 Å². The van der Waals surface area contributed by atoms with E-state index in [1.807, 2.05) is 30.3 Å². The number of ether oxygens (including phenoxy) is 2. The Bertz CT molecular complexity index is 603. The van der Waals surface area contributed by atoms with Gasteiger partial charge >= 0.3 is 0 Å². The molecule has 5 nitrogen and oxygen atoms in total. The summed E-state index contributed by atoms with van der Waals surface area (Å²) in [5, 5.41) is 0. The Labute approximate surface area is 156 Å². The smallest absolute Gasteiger partial charge is 0.228 e. The van der Waals surface area contributed by atoms with Crippen molar-refractivity contribution in [1.82, 2.24) is 9.80 Å². The Kier molecular flexibility index (Phi) is 5.46. The van der Waals surface area contributed by atoms with Gasteiger partial charge in [0.05, 0.1) is 12.5 Å². The zero-order valence-electron chi connectivity index (χ0n) is 15.6. The molecule has 1 amide bonds. The van der Waals surface area contributed by atoms with Crippen molar-refractivity contribution in [3.05, 3.63) is 30.3 Å². The van der Waals surface area contributed by atoms with Crippen LogP contribution in [0.15, 0.2) is 30.3 Å². The van der Waals surface area contributed by atoms with Gasteiger partial charge in [0.25, 0.3) is 0 Å². The van der Waals surface area contributed by atoms with E-state index in [0.717, 1.165) is 64.5 Å². The molecule has 4 rings (SSSR count). The van der Waals surface area contributed by atoms with Gasteiger partial charge in [-0.1, -0.05) is 18.2 Å². The number of rotatable bonds is 5. The molecule has 3 fully saturated rings. The molecule has 3 heterocycles. The van der Waals surface area contributed by atoms with Gasteiger partial charge in [0, 0.05) is 38.2 Å². The van der Waals surface area contributed by atoms with Gasteiger partial charge in [0.15, 0.2) is 0 Å². The van der Waals surface area contributed by atoms with E-state index in [1.54, 1.807) is 0 Å². The minimum absolute atomic E-state index is 0.101. The molecule has 3 aliphatic heterocycles. The van der Waals surface area contributed by atoms with Gasteiger partial charge in [-0.3, -0.25) is 9.69 Å². The van der Waals surface area contributed by atoms with Crippen LogP contribution in [-0.4, -0.2) is 68.3 Å². The maximum atomic E-state index is 12.7. The van der Waals surface area contributed by atoms with Crippen LogP contribution in [0.1, 0.15) is 25.7 Å². The Morgan fingerprint density at radius 2 is 2.08 bits per heavy atom. The number of likely N-dealkylation sites (tertiary alicyclic amines) is 2. The maximum absolute atomic E-state index is 12.7. The molecule has 1 aromatic carbocycles. The summed E-state index contributed by atoms with van der Waals surface area (Å²) in [5.41, 5.74) is 0.292. The van der Waals surface area contributed by atoms with Crippen molar-refractivity contribution in [3.63, 3.8) is 0 Å². The highest BCUT2D eigenvalue weighted by atomic mass is 16.5. The van der Waals surface area contributed by atoms with Crippen LogP contribution in [0.25, 0.3) is 0 Å². The maximum Gasteiger partial charge on any atom is 0.228 e. The zero-order valence-corrected chi connectivity index (χ0v) is 15.6. The SMILES string of the molecule is O=C(C1CCOC1)N1CCC2(CCCN(CCOc3ccccc3)C2)C1. The summed E-state index contributed by atoms with van der Waals surface area (Å²) in [5.74, 6) is 1.36. The van der Waals surface area contributed by atoms with Crippen LogP contribution in [0.3, 0.4) is 0 Å². The van der Waals surface area contributed by atoms with Gasteiger partial charge in [0.1, 0.15) is 12.4 Å². The molecule has 0 aliphatic carbocycles. The third-order valence-corrected chi connectivity index (χ3v) is 6.19. The van der Waals surface area contributed by atoms with E-state index in [2.05, 4.69) is 9.80 Å². The summed E-state index contributed by atoms with van der Waals surface area (Å²) in [6.45, 7) is 7.13. The fourth-order valence-electron chi connectivity index (χ4n) is 4.75. The monoisotopic (exact) mass is 358 g/mol. The van der Waals surface area contributed by atoms with E-state index < -0.39 is 0 Å². The highest BCUT2D eigenvalue weighted by molar-refractivity contribution is 5.79. The minimum atomic E-state index is 0.101. The predicted molar refractivity (Wildman–Crippen MR) is 100 cm³/mol. The summed E-state index contributed by atoms with van der Waals surface area (Å²) < 4.78 is 11.3.